The maximum atomic E-state index is 4.72. The zero-order chi connectivity index (χ0) is 12.4. The Bertz CT molecular complexity index is 492. The van der Waals surface area contributed by atoms with Crippen LogP contribution in [0.25, 0.3) is 10.2 Å². The third-order valence-electron chi connectivity index (χ3n) is 3.52. The van der Waals surface area contributed by atoms with Crippen LogP contribution < -0.4 is 0 Å². The minimum Gasteiger partial charge on any atom is -0.296 e. The number of alkyl halides is 1. The molecule has 4 heteroatoms. The Kier molecular flexibility index (Phi) is 3.97. The van der Waals surface area contributed by atoms with E-state index in [1.165, 1.54) is 35.6 Å². The van der Waals surface area contributed by atoms with E-state index >= 15 is 0 Å². The van der Waals surface area contributed by atoms with Crippen molar-refractivity contribution in [2.75, 3.05) is 18.4 Å². The first-order valence-electron chi connectivity index (χ1n) is 6.48. The Morgan fingerprint density at radius 3 is 3.11 bits per heavy atom. The molecule has 0 spiro atoms. The van der Waals surface area contributed by atoms with E-state index < -0.39 is 0 Å². The van der Waals surface area contributed by atoms with Gasteiger partial charge in [-0.25, -0.2) is 4.98 Å². The van der Waals surface area contributed by atoms with Gasteiger partial charge in [0.25, 0.3) is 0 Å². The Hall–Kier alpha value is -0.450. The summed E-state index contributed by atoms with van der Waals surface area (Å²) in [6, 6.07) is 8.42. The number of thiazole rings is 1. The minimum absolute atomic E-state index is 0.813. The second-order valence-electron chi connectivity index (χ2n) is 4.97. The van der Waals surface area contributed by atoms with E-state index in [9.17, 15) is 0 Å². The molecule has 3 rings (SSSR count). The highest BCUT2D eigenvalue weighted by molar-refractivity contribution is 9.09. The molecule has 0 radical (unpaired) electrons. The van der Waals surface area contributed by atoms with Crippen molar-refractivity contribution < 1.29 is 0 Å². The molecule has 1 fully saturated rings. The van der Waals surface area contributed by atoms with Crippen molar-refractivity contribution >= 4 is 37.5 Å². The fourth-order valence-corrected chi connectivity index (χ4v) is 4.14. The molecule has 0 N–H and O–H groups in total. The topological polar surface area (TPSA) is 16.1 Å². The van der Waals surface area contributed by atoms with Crippen molar-refractivity contribution in [1.82, 2.24) is 9.88 Å². The van der Waals surface area contributed by atoms with Crippen LogP contribution in [0.4, 0.5) is 0 Å². The number of likely N-dealkylation sites (tertiary alicyclic amines) is 1. The number of rotatable bonds is 3. The molecule has 2 nitrogen and oxygen atoms in total. The van der Waals surface area contributed by atoms with Gasteiger partial charge in [-0.15, -0.1) is 11.3 Å². The van der Waals surface area contributed by atoms with E-state index in [2.05, 4.69) is 45.1 Å². The standard InChI is InChI=1S/C14H17BrN2S/c15-8-11-4-3-7-17(9-11)10-14-16-12-5-1-2-6-13(12)18-14/h1-2,5-6,11H,3-4,7-10H2. The SMILES string of the molecule is BrCC1CCCN(Cc2nc3ccccc3s2)C1. The normalized spacial score (nSPS) is 21.5. The minimum atomic E-state index is 0.813. The fraction of sp³-hybridized carbons (Fsp3) is 0.500. The lowest BCUT2D eigenvalue weighted by molar-refractivity contribution is 0.179. The summed E-state index contributed by atoms with van der Waals surface area (Å²) in [5.41, 5.74) is 1.14. The van der Waals surface area contributed by atoms with Gasteiger partial charge >= 0.3 is 0 Å². The second kappa shape index (κ2) is 5.68. The predicted octanol–water partition coefficient (Wildman–Crippen LogP) is 3.90. The van der Waals surface area contributed by atoms with Gasteiger partial charge in [0.2, 0.25) is 0 Å². The molecular formula is C14H17BrN2S. The van der Waals surface area contributed by atoms with E-state index in [-0.39, 0.29) is 0 Å². The Morgan fingerprint density at radius 2 is 2.28 bits per heavy atom. The van der Waals surface area contributed by atoms with Crippen LogP contribution in [0.2, 0.25) is 0 Å². The van der Waals surface area contributed by atoms with Gasteiger partial charge in [-0.2, -0.15) is 0 Å². The van der Waals surface area contributed by atoms with Crippen LogP contribution in [0.3, 0.4) is 0 Å². The molecule has 0 amide bonds. The fourth-order valence-electron chi connectivity index (χ4n) is 2.60. The molecule has 1 aliphatic heterocycles. The van der Waals surface area contributed by atoms with Gasteiger partial charge in [0.05, 0.1) is 16.8 Å². The molecule has 1 unspecified atom stereocenters. The van der Waals surface area contributed by atoms with Gasteiger partial charge in [-0.05, 0) is 37.4 Å². The summed E-state index contributed by atoms with van der Waals surface area (Å²) in [6.45, 7) is 3.45. The van der Waals surface area contributed by atoms with Crippen LogP contribution in [-0.4, -0.2) is 28.3 Å². The maximum absolute atomic E-state index is 4.72. The molecule has 0 aliphatic carbocycles. The van der Waals surface area contributed by atoms with Gasteiger partial charge in [-0.1, -0.05) is 28.1 Å². The van der Waals surface area contributed by atoms with E-state index in [1.807, 2.05) is 11.3 Å². The van der Waals surface area contributed by atoms with E-state index in [4.69, 9.17) is 4.98 Å². The first-order valence-corrected chi connectivity index (χ1v) is 8.42. The van der Waals surface area contributed by atoms with E-state index in [0.717, 1.165) is 23.3 Å². The first-order chi connectivity index (χ1) is 8.85. The van der Waals surface area contributed by atoms with E-state index in [1.54, 1.807) is 0 Å². The second-order valence-corrected chi connectivity index (χ2v) is 6.74. The molecule has 1 aromatic heterocycles. The summed E-state index contributed by atoms with van der Waals surface area (Å²) in [5, 5.41) is 2.38. The number of hydrogen-bond donors (Lipinski definition) is 0. The molecule has 2 heterocycles. The van der Waals surface area contributed by atoms with Gasteiger partial charge in [0.1, 0.15) is 5.01 Å². The summed E-state index contributed by atoms with van der Waals surface area (Å²) in [7, 11) is 0. The lowest BCUT2D eigenvalue weighted by atomic mass is 10.0. The molecule has 1 saturated heterocycles. The van der Waals surface area contributed by atoms with Gasteiger partial charge in [0.15, 0.2) is 0 Å². The summed E-state index contributed by atoms with van der Waals surface area (Å²) in [4.78, 5) is 7.27. The molecule has 1 atom stereocenters. The average molecular weight is 325 g/mol. The largest absolute Gasteiger partial charge is 0.296 e. The van der Waals surface area contributed by atoms with Crippen LogP contribution in [0.15, 0.2) is 24.3 Å². The van der Waals surface area contributed by atoms with Crippen molar-refractivity contribution in [2.45, 2.75) is 19.4 Å². The lowest BCUT2D eigenvalue weighted by Crippen LogP contribution is -2.35. The van der Waals surface area contributed by atoms with Crippen molar-refractivity contribution in [3.63, 3.8) is 0 Å². The van der Waals surface area contributed by atoms with Crippen LogP contribution >= 0.6 is 27.3 Å². The molecule has 1 aliphatic rings. The molecular weight excluding hydrogens is 308 g/mol. The maximum Gasteiger partial charge on any atom is 0.108 e. The molecule has 0 bridgehead atoms. The molecule has 96 valence electrons. The monoisotopic (exact) mass is 324 g/mol. The highest BCUT2D eigenvalue weighted by Gasteiger charge is 2.19. The van der Waals surface area contributed by atoms with Crippen molar-refractivity contribution in [2.24, 2.45) is 5.92 Å². The summed E-state index contributed by atoms with van der Waals surface area (Å²) in [5.74, 6) is 0.813. The van der Waals surface area contributed by atoms with Crippen LogP contribution in [0.1, 0.15) is 17.8 Å². The van der Waals surface area contributed by atoms with E-state index in [0.29, 0.717) is 0 Å². The molecule has 1 aromatic carbocycles. The number of halogens is 1. The molecule has 0 saturated carbocycles. The zero-order valence-corrected chi connectivity index (χ0v) is 12.7. The first kappa shape index (κ1) is 12.6. The Labute approximate surface area is 120 Å². The van der Waals surface area contributed by atoms with Crippen molar-refractivity contribution in [3.8, 4) is 0 Å². The predicted molar refractivity (Wildman–Crippen MR) is 81.4 cm³/mol. The number of aromatic nitrogens is 1. The summed E-state index contributed by atoms with van der Waals surface area (Å²) in [6.07, 6.45) is 2.68. The average Bonchev–Trinajstić information content (AvgIpc) is 2.81. The van der Waals surface area contributed by atoms with Crippen molar-refractivity contribution in [1.29, 1.82) is 0 Å². The van der Waals surface area contributed by atoms with Crippen LogP contribution in [0, 0.1) is 5.92 Å². The number of para-hydroxylation sites is 1. The third kappa shape index (κ3) is 2.76. The number of benzene rings is 1. The Balaban J connectivity index is 1.71. The number of nitrogens with zero attached hydrogens (tertiary/aromatic N) is 2. The van der Waals surface area contributed by atoms with Crippen LogP contribution in [-0.2, 0) is 6.54 Å². The summed E-state index contributed by atoms with van der Waals surface area (Å²) >= 11 is 5.45. The molecule has 18 heavy (non-hydrogen) atoms. The van der Waals surface area contributed by atoms with Gasteiger partial charge in [-0.3, -0.25) is 4.90 Å². The number of piperidine rings is 1. The smallest absolute Gasteiger partial charge is 0.108 e. The zero-order valence-electron chi connectivity index (χ0n) is 10.3. The van der Waals surface area contributed by atoms with Crippen LogP contribution in [0.5, 0.6) is 0 Å². The van der Waals surface area contributed by atoms with Gasteiger partial charge < -0.3 is 0 Å². The quantitative estimate of drug-likeness (QED) is 0.796. The molecule has 2 aromatic rings. The third-order valence-corrected chi connectivity index (χ3v) is 5.46. The lowest BCUT2D eigenvalue weighted by Gasteiger charge is -2.31. The highest BCUT2D eigenvalue weighted by Crippen LogP contribution is 2.25. The number of fused-ring (bicyclic) bond motifs is 1. The number of hydrogen-bond acceptors (Lipinski definition) is 3. The summed E-state index contributed by atoms with van der Waals surface area (Å²) < 4.78 is 1.31. The van der Waals surface area contributed by atoms with Gasteiger partial charge in [0, 0.05) is 11.9 Å². The highest BCUT2D eigenvalue weighted by atomic mass is 79.9. The Morgan fingerprint density at radius 1 is 1.39 bits per heavy atom. The van der Waals surface area contributed by atoms with Crippen molar-refractivity contribution in [3.05, 3.63) is 29.3 Å².